The molecule has 0 saturated heterocycles. The van der Waals surface area contributed by atoms with Crippen LogP contribution in [0.2, 0.25) is 0 Å². The molecule has 1 aromatic heterocycles. The van der Waals surface area contributed by atoms with E-state index in [4.69, 9.17) is 10.5 Å². The van der Waals surface area contributed by atoms with Crippen molar-refractivity contribution in [1.29, 1.82) is 0 Å². The summed E-state index contributed by atoms with van der Waals surface area (Å²) < 4.78 is 5.18. The number of unbranched alkanes of at least 4 members (excludes halogenated alkanes) is 2. The van der Waals surface area contributed by atoms with Gasteiger partial charge in [0.05, 0.1) is 0 Å². The van der Waals surface area contributed by atoms with E-state index in [-0.39, 0.29) is 0 Å². The molecule has 0 saturated carbocycles. The second-order valence-corrected chi connectivity index (χ2v) is 7.02. The summed E-state index contributed by atoms with van der Waals surface area (Å²) in [7, 11) is 0. The zero-order valence-electron chi connectivity index (χ0n) is 14.6. The van der Waals surface area contributed by atoms with Crippen LogP contribution in [0.3, 0.4) is 0 Å². The maximum absolute atomic E-state index is 11.1. The fraction of sp³-hybridized carbons (Fsp3) is 0.450. The van der Waals surface area contributed by atoms with Crippen LogP contribution in [0.15, 0.2) is 35.0 Å². The summed E-state index contributed by atoms with van der Waals surface area (Å²) in [4.78, 5) is 11.1. The predicted octanol–water partition coefficient (Wildman–Crippen LogP) is 6.02. The van der Waals surface area contributed by atoms with E-state index in [0.717, 1.165) is 17.5 Å². The quantitative estimate of drug-likeness (QED) is 0.565. The number of nitrogens with two attached hydrogens (primary N) is 1. The van der Waals surface area contributed by atoms with Gasteiger partial charge in [-0.15, -0.1) is 0 Å². The summed E-state index contributed by atoms with van der Waals surface area (Å²) in [5.41, 5.74) is 8.49. The average Bonchev–Trinajstić information content (AvgIpc) is 3.09. The van der Waals surface area contributed by atoms with Crippen LogP contribution in [-0.2, 0) is 6.42 Å². The van der Waals surface area contributed by atoms with Gasteiger partial charge in [-0.2, -0.15) is 11.3 Å². The summed E-state index contributed by atoms with van der Waals surface area (Å²) in [6.07, 6.45) is 6.63. The highest BCUT2D eigenvalue weighted by Gasteiger charge is 2.13. The van der Waals surface area contributed by atoms with E-state index in [1.807, 2.05) is 17.5 Å². The molecule has 1 amide bonds. The van der Waals surface area contributed by atoms with E-state index in [2.05, 4.69) is 31.4 Å². The molecule has 3 nitrogen and oxygen atoms in total. The molecule has 0 aliphatic carbocycles. The molecule has 130 valence electrons. The number of amides is 1. The molecule has 0 fully saturated rings. The molecule has 0 bridgehead atoms. The van der Waals surface area contributed by atoms with Crippen molar-refractivity contribution < 1.29 is 9.53 Å². The Morgan fingerprint density at radius 2 is 2.08 bits per heavy atom. The number of hydrogen-bond acceptors (Lipinski definition) is 3. The van der Waals surface area contributed by atoms with Crippen molar-refractivity contribution in [1.82, 2.24) is 0 Å². The first-order chi connectivity index (χ1) is 11.6. The van der Waals surface area contributed by atoms with Crippen LogP contribution in [0, 0.1) is 5.92 Å². The minimum Gasteiger partial charge on any atom is -0.410 e. The molecule has 0 aliphatic rings. The predicted molar refractivity (Wildman–Crippen MR) is 102 cm³/mol. The lowest BCUT2D eigenvalue weighted by atomic mass is 9.90. The second kappa shape index (κ2) is 9.48. The molecule has 4 heteroatoms. The van der Waals surface area contributed by atoms with Gasteiger partial charge in [-0.25, -0.2) is 4.79 Å². The Morgan fingerprint density at radius 1 is 1.25 bits per heavy atom. The summed E-state index contributed by atoms with van der Waals surface area (Å²) >= 11 is 1.63. The molecule has 2 N–H and O–H groups in total. The molecule has 0 aliphatic heterocycles. The van der Waals surface area contributed by atoms with Gasteiger partial charge in [0.15, 0.2) is 0 Å². The van der Waals surface area contributed by atoms with Gasteiger partial charge in [0.1, 0.15) is 5.75 Å². The fourth-order valence-electron chi connectivity index (χ4n) is 3.01. The Bertz CT molecular complexity index is 637. The van der Waals surface area contributed by atoms with E-state index < -0.39 is 6.09 Å². The fourth-order valence-corrected chi connectivity index (χ4v) is 3.67. The zero-order chi connectivity index (χ0) is 17.4. The topological polar surface area (TPSA) is 52.3 Å². The van der Waals surface area contributed by atoms with Gasteiger partial charge in [0, 0.05) is 5.56 Å². The van der Waals surface area contributed by atoms with Crippen LogP contribution in [0.1, 0.15) is 51.5 Å². The van der Waals surface area contributed by atoms with E-state index >= 15 is 0 Å². The summed E-state index contributed by atoms with van der Waals surface area (Å²) in [5, 5.41) is 4.08. The van der Waals surface area contributed by atoms with Crippen LogP contribution >= 0.6 is 11.3 Å². The maximum Gasteiger partial charge on any atom is 0.409 e. The zero-order valence-corrected chi connectivity index (χ0v) is 15.4. The minimum atomic E-state index is -0.773. The molecule has 2 aromatic rings. The number of carbonyl (C=O) groups is 1. The monoisotopic (exact) mass is 345 g/mol. The Kier molecular flexibility index (Phi) is 7.32. The third kappa shape index (κ3) is 5.38. The molecule has 1 heterocycles. The number of thiophene rings is 1. The first-order valence-electron chi connectivity index (χ1n) is 8.76. The van der Waals surface area contributed by atoms with Crippen molar-refractivity contribution in [2.24, 2.45) is 11.7 Å². The number of rotatable bonds is 9. The highest BCUT2D eigenvalue weighted by molar-refractivity contribution is 7.08. The number of carbonyl (C=O) groups excluding carboxylic acids is 1. The highest BCUT2D eigenvalue weighted by atomic mass is 32.1. The van der Waals surface area contributed by atoms with E-state index in [0.29, 0.717) is 11.7 Å². The van der Waals surface area contributed by atoms with Crippen molar-refractivity contribution in [3.63, 3.8) is 0 Å². The van der Waals surface area contributed by atoms with Crippen molar-refractivity contribution in [3.05, 3.63) is 40.6 Å². The molecule has 1 aromatic carbocycles. The van der Waals surface area contributed by atoms with Crippen LogP contribution in [0.5, 0.6) is 5.75 Å². The normalized spacial score (nSPS) is 12.1. The van der Waals surface area contributed by atoms with E-state index in [9.17, 15) is 4.79 Å². The Morgan fingerprint density at radius 3 is 2.71 bits per heavy atom. The Hall–Kier alpha value is -1.81. The van der Waals surface area contributed by atoms with Gasteiger partial charge in [0.2, 0.25) is 0 Å². The summed E-state index contributed by atoms with van der Waals surface area (Å²) in [6.45, 7) is 4.51. The SMILES string of the molecule is CCCCCC(CC)Cc1ccc(OC(N)=O)c(-c2ccsc2)c1. The number of hydrogen-bond donors (Lipinski definition) is 1. The molecule has 1 unspecified atom stereocenters. The first kappa shape index (κ1) is 18.5. The molecule has 0 spiro atoms. The van der Waals surface area contributed by atoms with E-state index in [1.54, 1.807) is 11.3 Å². The lowest BCUT2D eigenvalue weighted by Gasteiger charge is -2.16. The summed E-state index contributed by atoms with van der Waals surface area (Å²) in [5.74, 6) is 1.23. The maximum atomic E-state index is 11.1. The van der Waals surface area contributed by atoms with E-state index in [1.165, 1.54) is 37.7 Å². The average molecular weight is 346 g/mol. The Balaban J connectivity index is 2.19. The molecule has 1 atom stereocenters. The Labute approximate surface area is 148 Å². The number of ether oxygens (including phenoxy) is 1. The summed E-state index contributed by atoms with van der Waals surface area (Å²) in [6, 6.07) is 8.10. The number of benzene rings is 1. The van der Waals surface area contributed by atoms with Crippen LogP contribution in [0.4, 0.5) is 4.79 Å². The number of primary amides is 1. The second-order valence-electron chi connectivity index (χ2n) is 6.24. The van der Waals surface area contributed by atoms with Gasteiger partial charge in [0.25, 0.3) is 0 Å². The highest BCUT2D eigenvalue weighted by Crippen LogP contribution is 2.33. The van der Waals surface area contributed by atoms with Gasteiger partial charge in [-0.3, -0.25) is 0 Å². The van der Waals surface area contributed by atoms with Gasteiger partial charge < -0.3 is 10.5 Å². The molecule has 2 rings (SSSR count). The third-order valence-corrected chi connectivity index (χ3v) is 5.09. The van der Waals surface area contributed by atoms with Crippen LogP contribution in [0.25, 0.3) is 11.1 Å². The van der Waals surface area contributed by atoms with Gasteiger partial charge in [-0.1, -0.05) is 52.0 Å². The lowest BCUT2D eigenvalue weighted by molar-refractivity contribution is 0.211. The molecule has 24 heavy (non-hydrogen) atoms. The van der Waals surface area contributed by atoms with Crippen molar-refractivity contribution in [3.8, 4) is 16.9 Å². The molecular weight excluding hydrogens is 318 g/mol. The van der Waals surface area contributed by atoms with Crippen molar-refractivity contribution in [2.45, 2.75) is 52.4 Å². The standard InChI is InChI=1S/C20H27NO2S/c1-3-5-6-7-15(4-2)12-16-8-9-19(23-20(21)22)18(13-16)17-10-11-24-14-17/h8-11,13-15H,3-7,12H2,1-2H3,(H2,21,22). The largest absolute Gasteiger partial charge is 0.410 e. The lowest BCUT2D eigenvalue weighted by Crippen LogP contribution is -2.16. The van der Waals surface area contributed by atoms with Crippen molar-refractivity contribution in [2.75, 3.05) is 0 Å². The van der Waals surface area contributed by atoms with Crippen molar-refractivity contribution >= 4 is 17.4 Å². The van der Waals surface area contributed by atoms with Gasteiger partial charge in [-0.05, 0) is 52.4 Å². The van der Waals surface area contributed by atoms with Crippen LogP contribution < -0.4 is 10.5 Å². The third-order valence-electron chi connectivity index (χ3n) is 4.40. The minimum absolute atomic E-state index is 0.531. The van der Waals surface area contributed by atoms with Gasteiger partial charge >= 0.3 is 6.09 Å². The van der Waals surface area contributed by atoms with Crippen LogP contribution in [-0.4, -0.2) is 6.09 Å². The smallest absolute Gasteiger partial charge is 0.409 e. The first-order valence-corrected chi connectivity index (χ1v) is 9.71. The molecular formula is C20H27NO2S. The molecule has 0 radical (unpaired) electrons.